The van der Waals surface area contributed by atoms with Gasteiger partial charge in [-0.25, -0.2) is 4.98 Å². The van der Waals surface area contributed by atoms with Crippen LogP contribution in [0, 0.1) is 0 Å². The molecule has 9 heteroatoms. The van der Waals surface area contributed by atoms with Crippen molar-refractivity contribution in [2.24, 2.45) is 0 Å². The largest absolute Gasteiger partial charge is 0.435 e. The minimum absolute atomic E-state index is 0.0912. The van der Waals surface area contributed by atoms with Crippen molar-refractivity contribution in [1.82, 2.24) is 19.9 Å². The van der Waals surface area contributed by atoms with Gasteiger partial charge in [-0.05, 0) is 50.5 Å². The summed E-state index contributed by atoms with van der Waals surface area (Å²) in [5.41, 5.74) is 2.05. The molecule has 2 N–H and O–H groups in total. The summed E-state index contributed by atoms with van der Waals surface area (Å²) in [6, 6.07) is 13.6. The van der Waals surface area contributed by atoms with E-state index in [1.165, 1.54) is 12.1 Å². The van der Waals surface area contributed by atoms with Gasteiger partial charge in [0.05, 0.1) is 11.4 Å². The number of benzene rings is 1. The van der Waals surface area contributed by atoms with Crippen LogP contribution in [-0.2, 0) is 0 Å². The van der Waals surface area contributed by atoms with Crippen molar-refractivity contribution in [2.75, 3.05) is 37.8 Å². The van der Waals surface area contributed by atoms with Gasteiger partial charge in [0, 0.05) is 31.0 Å². The van der Waals surface area contributed by atoms with Gasteiger partial charge in [0.2, 0.25) is 5.95 Å². The van der Waals surface area contributed by atoms with Crippen LogP contribution < -0.4 is 15.4 Å². The summed E-state index contributed by atoms with van der Waals surface area (Å²) in [6.07, 6.45) is 1.70. The van der Waals surface area contributed by atoms with Crippen LogP contribution in [0.1, 0.15) is 0 Å². The van der Waals surface area contributed by atoms with E-state index in [0.717, 1.165) is 6.54 Å². The van der Waals surface area contributed by atoms with Gasteiger partial charge in [-0.15, -0.1) is 0 Å². The summed E-state index contributed by atoms with van der Waals surface area (Å²) in [5.74, 6) is 1.11. The van der Waals surface area contributed by atoms with Crippen LogP contribution in [0.5, 0.6) is 5.75 Å². The number of hydrogen-bond acceptors (Lipinski definition) is 7. The SMILES string of the molecule is CN(C)CCNc1nc(Nc2ccc(OC(F)F)cc2)cc(-c2ccccn2)n1. The van der Waals surface area contributed by atoms with E-state index in [4.69, 9.17) is 0 Å². The number of likely N-dealkylation sites (N-methyl/N-ethyl adjacent to an activating group) is 1. The number of pyridine rings is 1. The van der Waals surface area contributed by atoms with E-state index < -0.39 is 6.61 Å². The minimum Gasteiger partial charge on any atom is -0.435 e. The Bertz CT molecular complexity index is 907. The van der Waals surface area contributed by atoms with E-state index in [0.29, 0.717) is 35.4 Å². The molecule has 0 spiro atoms. The van der Waals surface area contributed by atoms with Crippen molar-refractivity contribution in [3.8, 4) is 17.1 Å². The highest BCUT2D eigenvalue weighted by Crippen LogP contribution is 2.24. The second kappa shape index (κ2) is 9.74. The first-order chi connectivity index (χ1) is 14.0. The highest BCUT2D eigenvalue weighted by atomic mass is 19.3. The van der Waals surface area contributed by atoms with Gasteiger partial charge in [-0.3, -0.25) is 4.98 Å². The Kier molecular flexibility index (Phi) is 6.85. The first kappa shape index (κ1) is 20.4. The number of hydrogen-bond donors (Lipinski definition) is 2. The number of rotatable bonds is 9. The smallest absolute Gasteiger partial charge is 0.387 e. The molecule has 1 aromatic carbocycles. The van der Waals surface area contributed by atoms with Crippen LogP contribution in [0.25, 0.3) is 11.4 Å². The number of anilines is 3. The lowest BCUT2D eigenvalue weighted by molar-refractivity contribution is -0.0498. The van der Waals surface area contributed by atoms with Gasteiger partial charge >= 0.3 is 6.61 Å². The first-order valence-corrected chi connectivity index (χ1v) is 9.00. The van der Waals surface area contributed by atoms with Gasteiger partial charge in [0.15, 0.2) is 0 Å². The third-order valence-corrected chi connectivity index (χ3v) is 3.85. The van der Waals surface area contributed by atoms with Gasteiger partial charge in [-0.1, -0.05) is 6.07 Å². The van der Waals surface area contributed by atoms with E-state index in [1.807, 2.05) is 32.3 Å². The molecule has 7 nitrogen and oxygen atoms in total. The van der Waals surface area contributed by atoms with Crippen molar-refractivity contribution < 1.29 is 13.5 Å². The lowest BCUT2D eigenvalue weighted by atomic mass is 10.2. The highest BCUT2D eigenvalue weighted by Gasteiger charge is 2.09. The van der Waals surface area contributed by atoms with Crippen LogP contribution in [-0.4, -0.2) is 53.6 Å². The van der Waals surface area contributed by atoms with Crippen molar-refractivity contribution in [2.45, 2.75) is 6.61 Å². The maximum Gasteiger partial charge on any atom is 0.387 e. The molecular weight excluding hydrogens is 378 g/mol. The summed E-state index contributed by atoms with van der Waals surface area (Å²) in [6.45, 7) is -1.35. The molecule has 0 amide bonds. The zero-order valence-electron chi connectivity index (χ0n) is 16.1. The summed E-state index contributed by atoms with van der Waals surface area (Å²) < 4.78 is 29.0. The highest BCUT2D eigenvalue weighted by molar-refractivity contribution is 5.65. The number of ether oxygens (including phenoxy) is 1. The lowest BCUT2D eigenvalue weighted by Crippen LogP contribution is -2.21. The molecule has 2 aromatic heterocycles. The molecule has 0 bridgehead atoms. The number of aromatic nitrogens is 3. The number of halogens is 2. The molecule has 0 saturated heterocycles. The maximum atomic E-state index is 12.3. The van der Waals surface area contributed by atoms with Crippen molar-refractivity contribution in [3.63, 3.8) is 0 Å². The molecule has 0 radical (unpaired) electrons. The summed E-state index contributed by atoms with van der Waals surface area (Å²) in [4.78, 5) is 15.4. The zero-order chi connectivity index (χ0) is 20.6. The van der Waals surface area contributed by atoms with Crippen LogP contribution in [0.2, 0.25) is 0 Å². The van der Waals surface area contributed by atoms with E-state index in [1.54, 1.807) is 24.4 Å². The fraction of sp³-hybridized carbons (Fsp3) is 0.250. The second-order valence-corrected chi connectivity index (χ2v) is 6.43. The molecule has 0 fully saturated rings. The lowest BCUT2D eigenvalue weighted by Gasteiger charge is -2.13. The average molecular weight is 400 g/mol. The van der Waals surface area contributed by atoms with Gasteiger partial charge in [0.1, 0.15) is 11.6 Å². The second-order valence-electron chi connectivity index (χ2n) is 6.43. The minimum atomic E-state index is -2.85. The maximum absolute atomic E-state index is 12.3. The fourth-order valence-electron chi connectivity index (χ4n) is 2.49. The molecule has 3 aromatic rings. The molecular formula is C20H22F2N6O. The third kappa shape index (κ3) is 6.35. The van der Waals surface area contributed by atoms with Gasteiger partial charge in [0.25, 0.3) is 0 Å². The molecule has 0 aliphatic heterocycles. The predicted octanol–water partition coefficient (Wildman–Crippen LogP) is 3.86. The summed E-state index contributed by atoms with van der Waals surface area (Å²) in [7, 11) is 3.97. The Labute approximate surface area is 167 Å². The molecule has 3 rings (SSSR count). The van der Waals surface area contributed by atoms with E-state index >= 15 is 0 Å². The molecule has 0 aliphatic rings. The Balaban J connectivity index is 1.82. The molecule has 0 atom stereocenters. The fourth-order valence-corrected chi connectivity index (χ4v) is 2.49. The zero-order valence-corrected chi connectivity index (χ0v) is 16.1. The Hall–Kier alpha value is -3.33. The van der Waals surface area contributed by atoms with Crippen LogP contribution in [0.15, 0.2) is 54.7 Å². The molecule has 152 valence electrons. The van der Waals surface area contributed by atoms with Gasteiger partial charge in [-0.2, -0.15) is 13.8 Å². The van der Waals surface area contributed by atoms with Crippen molar-refractivity contribution in [1.29, 1.82) is 0 Å². The summed E-state index contributed by atoms with van der Waals surface area (Å²) >= 11 is 0. The standard InChI is InChI=1S/C20H22F2N6O/c1-28(2)12-11-24-20-26-17(16-5-3-4-10-23-16)13-18(27-20)25-14-6-8-15(9-7-14)29-19(21)22/h3-10,13,19H,11-12H2,1-2H3,(H2,24,25,26,27). The van der Waals surface area contributed by atoms with E-state index in [9.17, 15) is 8.78 Å². The molecule has 2 heterocycles. The van der Waals surface area contributed by atoms with Gasteiger partial charge < -0.3 is 20.3 Å². The normalized spacial score (nSPS) is 11.0. The number of nitrogens with one attached hydrogen (secondary N) is 2. The number of alkyl halides is 2. The van der Waals surface area contributed by atoms with Crippen molar-refractivity contribution in [3.05, 3.63) is 54.7 Å². The third-order valence-electron chi connectivity index (χ3n) is 3.85. The van der Waals surface area contributed by atoms with E-state index in [2.05, 4.69) is 35.2 Å². The molecule has 0 saturated carbocycles. The predicted molar refractivity (Wildman–Crippen MR) is 109 cm³/mol. The Morgan fingerprint density at radius 3 is 2.48 bits per heavy atom. The molecule has 0 unspecified atom stereocenters. The monoisotopic (exact) mass is 400 g/mol. The first-order valence-electron chi connectivity index (χ1n) is 9.00. The summed E-state index contributed by atoms with van der Waals surface area (Å²) in [5, 5.41) is 6.37. The Morgan fingerprint density at radius 1 is 1.03 bits per heavy atom. The van der Waals surface area contributed by atoms with Crippen LogP contribution >= 0.6 is 0 Å². The van der Waals surface area contributed by atoms with Crippen molar-refractivity contribution >= 4 is 17.5 Å². The average Bonchev–Trinajstić information content (AvgIpc) is 2.69. The molecule has 29 heavy (non-hydrogen) atoms. The topological polar surface area (TPSA) is 75.2 Å². The van der Waals surface area contributed by atoms with Crippen LogP contribution in [0.4, 0.5) is 26.2 Å². The van der Waals surface area contributed by atoms with E-state index in [-0.39, 0.29) is 5.75 Å². The Morgan fingerprint density at radius 2 is 1.83 bits per heavy atom. The quantitative estimate of drug-likeness (QED) is 0.565. The van der Waals surface area contributed by atoms with Crippen LogP contribution in [0.3, 0.4) is 0 Å². The number of nitrogens with zero attached hydrogens (tertiary/aromatic N) is 4. The molecule has 0 aliphatic carbocycles.